The van der Waals surface area contributed by atoms with Crippen molar-refractivity contribution in [3.8, 4) is 0 Å². The lowest BCUT2D eigenvalue weighted by atomic mass is 9.80. The van der Waals surface area contributed by atoms with Crippen LogP contribution in [0.4, 0.5) is 5.82 Å². The molecule has 1 aliphatic rings. The summed E-state index contributed by atoms with van der Waals surface area (Å²) in [7, 11) is 0. The fraction of sp³-hybridized carbons (Fsp3) is 0.615. The van der Waals surface area contributed by atoms with Crippen LogP contribution in [0.2, 0.25) is 0 Å². The predicted molar refractivity (Wildman–Crippen MR) is 83.3 cm³/mol. The van der Waals surface area contributed by atoms with Crippen LogP contribution in [0.5, 0.6) is 0 Å². The summed E-state index contributed by atoms with van der Waals surface area (Å²) in [5, 5.41) is 20.0. The van der Waals surface area contributed by atoms with Gasteiger partial charge in [-0.15, -0.1) is 0 Å². The number of imidazole rings is 1. The van der Waals surface area contributed by atoms with Crippen molar-refractivity contribution in [2.45, 2.75) is 31.8 Å². The van der Waals surface area contributed by atoms with Crippen LogP contribution in [0.1, 0.15) is 19.6 Å². The lowest BCUT2D eigenvalue weighted by Gasteiger charge is -2.32. The molecule has 1 aliphatic heterocycles. The maximum atomic E-state index is 10.5. The van der Waals surface area contributed by atoms with Crippen molar-refractivity contribution in [1.29, 1.82) is 0 Å². The van der Waals surface area contributed by atoms with Gasteiger partial charge in [0.15, 0.2) is 11.5 Å². The monoisotopic (exact) mass is 325 g/mol. The Labute approximate surface area is 132 Å². The zero-order chi connectivity index (χ0) is 15.9. The van der Waals surface area contributed by atoms with Gasteiger partial charge in [0, 0.05) is 5.41 Å². The summed E-state index contributed by atoms with van der Waals surface area (Å²) < 4.78 is 7.60. The molecule has 0 bridgehead atoms. The molecule has 8 nitrogen and oxygen atoms in total. The standard InChI is InChI=1S/C13H19N5O3S/c1-13(2-3-22)9(20)7(4-19)21-12(13)18-6-17-8-10(14)15-5-16-11(8)18/h5-7,9,12,19-20,22H,2-4H2,1H3,(H2,14,15,16)/t7-,9-,12-,13+/m1/s1. The molecule has 0 spiro atoms. The van der Waals surface area contributed by atoms with Crippen LogP contribution < -0.4 is 5.73 Å². The van der Waals surface area contributed by atoms with E-state index in [9.17, 15) is 10.2 Å². The van der Waals surface area contributed by atoms with Crippen LogP contribution in [0.15, 0.2) is 12.7 Å². The Morgan fingerprint density at radius 1 is 1.45 bits per heavy atom. The molecular formula is C13H19N5O3S. The third kappa shape index (κ3) is 2.16. The van der Waals surface area contributed by atoms with Crippen LogP contribution in [-0.4, -0.2) is 54.3 Å². The molecule has 2 aromatic heterocycles. The number of nitrogens with two attached hydrogens (primary N) is 1. The van der Waals surface area contributed by atoms with Gasteiger partial charge in [0.05, 0.1) is 19.0 Å². The van der Waals surface area contributed by atoms with E-state index in [1.807, 2.05) is 6.92 Å². The van der Waals surface area contributed by atoms with Crippen molar-refractivity contribution in [3.63, 3.8) is 0 Å². The Hall–Kier alpha value is -1.42. The van der Waals surface area contributed by atoms with Crippen molar-refractivity contribution < 1.29 is 14.9 Å². The Balaban J connectivity index is 2.09. The quantitative estimate of drug-likeness (QED) is 0.583. The molecule has 3 rings (SSSR count). The van der Waals surface area contributed by atoms with E-state index >= 15 is 0 Å². The number of hydrogen-bond acceptors (Lipinski definition) is 8. The SMILES string of the molecule is C[C@]1(CCS)[C@H](O)[C@@H](CO)O[C@H]1n1cnc2c(N)ncnc21. The van der Waals surface area contributed by atoms with Crippen molar-refractivity contribution in [3.05, 3.63) is 12.7 Å². The summed E-state index contributed by atoms with van der Waals surface area (Å²) >= 11 is 4.28. The maximum Gasteiger partial charge on any atom is 0.167 e. The number of anilines is 1. The first-order chi connectivity index (χ1) is 10.5. The Morgan fingerprint density at radius 3 is 2.91 bits per heavy atom. The molecule has 0 aromatic carbocycles. The summed E-state index contributed by atoms with van der Waals surface area (Å²) in [6, 6.07) is 0. The molecule has 3 heterocycles. The van der Waals surface area contributed by atoms with E-state index < -0.39 is 23.9 Å². The van der Waals surface area contributed by atoms with Gasteiger partial charge in [-0.2, -0.15) is 12.6 Å². The topological polar surface area (TPSA) is 119 Å². The van der Waals surface area contributed by atoms with Crippen molar-refractivity contribution in [1.82, 2.24) is 19.5 Å². The first-order valence-electron chi connectivity index (χ1n) is 7.01. The number of ether oxygens (including phenoxy) is 1. The molecule has 4 N–H and O–H groups in total. The van der Waals surface area contributed by atoms with Gasteiger partial charge in [-0.1, -0.05) is 6.92 Å². The highest BCUT2D eigenvalue weighted by molar-refractivity contribution is 7.80. The molecule has 2 aromatic rings. The maximum absolute atomic E-state index is 10.5. The zero-order valence-electron chi connectivity index (χ0n) is 12.1. The second kappa shape index (κ2) is 5.65. The molecule has 0 saturated carbocycles. The van der Waals surface area contributed by atoms with Crippen LogP contribution >= 0.6 is 12.6 Å². The lowest BCUT2D eigenvalue weighted by Crippen LogP contribution is -2.38. The summed E-state index contributed by atoms with van der Waals surface area (Å²) in [4.78, 5) is 12.4. The number of aliphatic hydroxyl groups excluding tert-OH is 2. The molecule has 4 atom stereocenters. The first kappa shape index (κ1) is 15.5. The number of nitrogen functional groups attached to an aromatic ring is 1. The van der Waals surface area contributed by atoms with Gasteiger partial charge in [0.1, 0.15) is 24.2 Å². The average Bonchev–Trinajstić information content (AvgIpc) is 3.02. The van der Waals surface area contributed by atoms with Gasteiger partial charge in [0.25, 0.3) is 0 Å². The van der Waals surface area contributed by atoms with Crippen molar-refractivity contribution in [2.24, 2.45) is 5.41 Å². The number of thiol groups is 1. The van der Waals surface area contributed by atoms with E-state index in [4.69, 9.17) is 10.5 Å². The largest absolute Gasteiger partial charge is 0.394 e. The third-order valence-electron chi connectivity index (χ3n) is 4.37. The van der Waals surface area contributed by atoms with E-state index in [1.54, 1.807) is 10.9 Å². The number of fused-ring (bicyclic) bond motifs is 1. The number of hydrogen-bond donors (Lipinski definition) is 4. The average molecular weight is 325 g/mol. The summed E-state index contributed by atoms with van der Waals surface area (Å²) in [6.07, 6.45) is 1.55. The van der Waals surface area contributed by atoms with E-state index in [0.717, 1.165) is 0 Å². The normalized spacial score (nSPS) is 31.9. The van der Waals surface area contributed by atoms with Crippen LogP contribution in [0.25, 0.3) is 11.2 Å². The molecule has 0 radical (unpaired) electrons. The van der Waals surface area contributed by atoms with Gasteiger partial charge in [-0.25, -0.2) is 15.0 Å². The molecule has 1 fully saturated rings. The smallest absolute Gasteiger partial charge is 0.167 e. The fourth-order valence-electron chi connectivity index (χ4n) is 3.05. The highest BCUT2D eigenvalue weighted by Gasteiger charge is 2.53. The summed E-state index contributed by atoms with van der Waals surface area (Å²) in [5.74, 6) is 0.867. The Morgan fingerprint density at radius 2 is 2.23 bits per heavy atom. The van der Waals surface area contributed by atoms with E-state index in [1.165, 1.54) is 6.33 Å². The van der Waals surface area contributed by atoms with Crippen LogP contribution in [-0.2, 0) is 4.74 Å². The summed E-state index contributed by atoms with van der Waals surface area (Å²) in [5.41, 5.74) is 6.21. The zero-order valence-corrected chi connectivity index (χ0v) is 13.0. The molecule has 22 heavy (non-hydrogen) atoms. The second-order valence-corrected chi connectivity index (χ2v) is 6.16. The first-order valence-corrected chi connectivity index (χ1v) is 7.64. The minimum atomic E-state index is -0.814. The highest BCUT2D eigenvalue weighted by Crippen LogP contribution is 2.48. The van der Waals surface area contributed by atoms with E-state index in [0.29, 0.717) is 23.3 Å². The van der Waals surface area contributed by atoms with Crippen LogP contribution in [0.3, 0.4) is 0 Å². The minimum Gasteiger partial charge on any atom is -0.394 e. The lowest BCUT2D eigenvalue weighted by molar-refractivity contribution is -0.0512. The third-order valence-corrected chi connectivity index (χ3v) is 4.59. The molecule has 0 aliphatic carbocycles. The van der Waals surface area contributed by atoms with Gasteiger partial charge in [0.2, 0.25) is 0 Å². The van der Waals surface area contributed by atoms with E-state index in [2.05, 4.69) is 27.6 Å². The van der Waals surface area contributed by atoms with Crippen LogP contribution in [0, 0.1) is 5.41 Å². The Bertz CT molecular complexity index is 681. The van der Waals surface area contributed by atoms with Crippen molar-refractivity contribution >= 4 is 29.6 Å². The second-order valence-electron chi connectivity index (χ2n) is 5.72. The molecular weight excluding hydrogens is 306 g/mol. The minimum absolute atomic E-state index is 0.260. The van der Waals surface area contributed by atoms with Gasteiger partial charge in [-0.3, -0.25) is 4.57 Å². The molecule has 0 unspecified atom stereocenters. The highest BCUT2D eigenvalue weighted by atomic mass is 32.1. The van der Waals surface area contributed by atoms with E-state index in [-0.39, 0.29) is 12.4 Å². The summed E-state index contributed by atoms with van der Waals surface area (Å²) in [6.45, 7) is 1.65. The Kier molecular flexibility index (Phi) is 3.98. The van der Waals surface area contributed by atoms with Gasteiger partial charge >= 0.3 is 0 Å². The number of aromatic nitrogens is 4. The fourth-order valence-corrected chi connectivity index (χ4v) is 3.53. The molecule has 1 saturated heterocycles. The number of aliphatic hydroxyl groups is 2. The predicted octanol–water partition coefficient (Wildman–Crippen LogP) is -0.0147. The number of nitrogens with zero attached hydrogens (tertiary/aromatic N) is 4. The van der Waals surface area contributed by atoms with Gasteiger partial charge < -0.3 is 20.7 Å². The number of rotatable bonds is 4. The molecule has 9 heteroatoms. The van der Waals surface area contributed by atoms with Crippen molar-refractivity contribution in [2.75, 3.05) is 18.1 Å². The van der Waals surface area contributed by atoms with Gasteiger partial charge in [-0.05, 0) is 12.2 Å². The molecule has 0 amide bonds. The molecule has 120 valence electrons.